The summed E-state index contributed by atoms with van der Waals surface area (Å²) in [6, 6.07) is 0. The van der Waals surface area contributed by atoms with Crippen LogP contribution in [0, 0.1) is 0 Å². The summed E-state index contributed by atoms with van der Waals surface area (Å²) in [7, 11) is 0. The molecule has 478 valence electrons. The maximum Gasteiger partial charge on any atom is 0.306 e. The van der Waals surface area contributed by atoms with Gasteiger partial charge in [-0.05, 0) is 64.2 Å². The summed E-state index contributed by atoms with van der Waals surface area (Å²) in [5.41, 5.74) is 0. The van der Waals surface area contributed by atoms with Crippen LogP contribution in [-0.2, 0) is 28.6 Å². The lowest BCUT2D eigenvalue weighted by Gasteiger charge is -2.18. The lowest BCUT2D eigenvalue weighted by Crippen LogP contribution is -2.30. The lowest BCUT2D eigenvalue weighted by atomic mass is 10.0. The Hall–Kier alpha value is -2.89. The molecule has 0 saturated carbocycles. The summed E-state index contributed by atoms with van der Waals surface area (Å²) in [5.74, 6) is -0.889. The standard InChI is InChI=1S/C76H138O6/c1-4-7-10-13-16-19-22-25-28-31-33-34-35-36-37-38-39-40-41-42-44-45-48-51-54-57-60-63-66-69-75(78)81-72-73(71-80-74(77)68-65-62-59-56-53-50-47-30-27-24-21-18-15-12-9-6-3)82-76(79)70-67-64-61-58-55-52-49-46-43-32-29-26-23-20-17-14-11-8-5-2/h8,11,17,20,26,29,43,46,52,55,73H,4-7,9-10,12-16,18-19,21-25,27-28,30-42,44-45,47-51,53-54,56-72H2,1-3H3/b11-8-,20-17-,29-26-,46-43-,55-52-. The van der Waals surface area contributed by atoms with Crippen LogP contribution in [0.4, 0.5) is 0 Å². The first-order chi connectivity index (χ1) is 40.5. The molecule has 6 heteroatoms. The van der Waals surface area contributed by atoms with Crippen molar-refractivity contribution in [1.29, 1.82) is 0 Å². The maximum atomic E-state index is 12.9. The van der Waals surface area contributed by atoms with Gasteiger partial charge in [0.25, 0.3) is 0 Å². The Morgan fingerprint density at radius 2 is 0.476 bits per heavy atom. The average molecular weight is 1150 g/mol. The molecule has 0 fully saturated rings. The second-order valence-corrected chi connectivity index (χ2v) is 24.5. The van der Waals surface area contributed by atoms with E-state index in [2.05, 4.69) is 81.5 Å². The number of unbranched alkanes of at least 4 members (excludes halogenated alkanes) is 46. The molecule has 1 unspecified atom stereocenters. The first kappa shape index (κ1) is 79.1. The van der Waals surface area contributed by atoms with E-state index in [9.17, 15) is 14.4 Å². The van der Waals surface area contributed by atoms with Gasteiger partial charge in [-0.2, -0.15) is 0 Å². The molecule has 0 radical (unpaired) electrons. The van der Waals surface area contributed by atoms with E-state index in [0.29, 0.717) is 19.3 Å². The van der Waals surface area contributed by atoms with Gasteiger partial charge in [0.05, 0.1) is 0 Å². The SMILES string of the molecule is CC/C=C\C/C=C\C/C=C\C/C=C\C/C=C\CCCCCC(=O)OC(COC(=O)CCCCCCCCCCCCCCCCCC)COC(=O)CCCCCCCCCCCCCCCCCCCCCCCCCCCCCCC. The molecule has 6 nitrogen and oxygen atoms in total. The lowest BCUT2D eigenvalue weighted by molar-refractivity contribution is -0.167. The number of ether oxygens (including phenoxy) is 3. The van der Waals surface area contributed by atoms with Crippen molar-refractivity contribution >= 4 is 17.9 Å². The number of esters is 3. The van der Waals surface area contributed by atoms with Crippen molar-refractivity contribution in [3.8, 4) is 0 Å². The van der Waals surface area contributed by atoms with Crippen molar-refractivity contribution in [2.75, 3.05) is 13.2 Å². The van der Waals surface area contributed by atoms with Crippen LogP contribution in [0.2, 0.25) is 0 Å². The van der Waals surface area contributed by atoms with Gasteiger partial charge in [-0.25, -0.2) is 0 Å². The van der Waals surface area contributed by atoms with Crippen molar-refractivity contribution < 1.29 is 28.6 Å². The van der Waals surface area contributed by atoms with Crippen molar-refractivity contribution in [3.05, 3.63) is 60.8 Å². The zero-order valence-electron chi connectivity index (χ0n) is 55.0. The summed E-state index contributed by atoms with van der Waals surface area (Å²) < 4.78 is 17.0. The average Bonchev–Trinajstić information content (AvgIpc) is 3.47. The topological polar surface area (TPSA) is 78.9 Å². The number of carbonyl (C=O) groups excluding carboxylic acids is 3. The van der Waals surface area contributed by atoms with E-state index in [1.54, 1.807) is 0 Å². The monoisotopic (exact) mass is 1150 g/mol. The molecule has 0 aromatic rings. The number of hydrogen-bond donors (Lipinski definition) is 0. The molecule has 82 heavy (non-hydrogen) atoms. The van der Waals surface area contributed by atoms with Gasteiger partial charge in [0.1, 0.15) is 13.2 Å². The second-order valence-electron chi connectivity index (χ2n) is 24.5. The first-order valence-electron chi connectivity index (χ1n) is 36.3. The highest BCUT2D eigenvalue weighted by Gasteiger charge is 2.19. The predicted molar refractivity (Wildman–Crippen MR) is 358 cm³/mol. The third kappa shape index (κ3) is 67.9. The minimum atomic E-state index is -0.791. The van der Waals surface area contributed by atoms with Gasteiger partial charge in [0, 0.05) is 19.3 Å². The summed E-state index contributed by atoms with van der Waals surface area (Å²) in [5, 5.41) is 0. The summed E-state index contributed by atoms with van der Waals surface area (Å²) in [4.78, 5) is 38.5. The first-order valence-corrected chi connectivity index (χ1v) is 36.3. The summed E-state index contributed by atoms with van der Waals surface area (Å²) in [6.45, 7) is 6.57. The zero-order valence-corrected chi connectivity index (χ0v) is 55.0. The van der Waals surface area contributed by atoms with Gasteiger partial charge < -0.3 is 14.2 Å². The van der Waals surface area contributed by atoms with Crippen LogP contribution in [0.3, 0.4) is 0 Å². The van der Waals surface area contributed by atoms with Gasteiger partial charge in [-0.1, -0.05) is 364 Å². The molecule has 1 atom stereocenters. The molecule has 0 saturated heterocycles. The largest absolute Gasteiger partial charge is 0.462 e. The van der Waals surface area contributed by atoms with E-state index < -0.39 is 6.10 Å². The molecule has 0 aromatic carbocycles. The Morgan fingerprint density at radius 3 is 0.744 bits per heavy atom. The van der Waals surface area contributed by atoms with E-state index in [0.717, 1.165) is 96.3 Å². The Bertz CT molecular complexity index is 1460. The van der Waals surface area contributed by atoms with Crippen LogP contribution in [0.25, 0.3) is 0 Å². The molecule has 0 spiro atoms. The van der Waals surface area contributed by atoms with Crippen LogP contribution in [0.5, 0.6) is 0 Å². The van der Waals surface area contributed by atoms with Crippen LogP contribution >= 0.6 is 0 Å². The van der Waals surface area contributed by atoms with Gasteiger partial charge >= 0.3 is 17.9 Å². The normalized spacial score (nSPS) is 12.4. The zero-order chi connectivity index (χ0) is 59.2. The van der Waals surface area contributed by atoms with Crippen molar-refractivity contribution in [2.45, 2.75) is 393 Å². The Balaban J connectivity index is 4.26. The van der Waals surface area contributed by atoms with E-state index in [-0.39, 0.29) is 31.1 Å². The van der Waals surface area contributed by atoms with Crippen LogP contribution in [-0.4, -0.2) is 37.2 Å². The fourth-order valence-corrected chi connectivity index (χ4v) is 10.9. The number of hydrogen-bond acceptors (Lipinski definition) is 6. The molecular formula is C76H138O6. The highest BCUT2D eigenvalue weighted by atomic mass is 16.6. The van der Waals surface area contributed by atoms with Gasteiger partial charge in [-0.15, -0.1) is 0 Å². The minimum Gasteiger partial charge on any atom is -0.462 e. The Labute approximate surface area is 510 Å². The van der Waals surface area contributed by atoms with Crippen molar-refractivity contribution in [2.24, 2.45) is 0 Å². The Morgan fingerprint density at radius 1 is 0.256 bits per heavy atom. The molecule has 0 amide bonds. The van der Waals surface area contributed by atoms with E-state index >= 15 is 0 Å². The molecule has 0 aliphatic carbocycles. The van der Waals surface area contributed by atoms with Crippen LogP contribution in [0.15, 0.2) is 60.8 Å². The van der Waals surface area contributed by atoms with Crippen molar-refractivity contribution in [3.63, 3.8) is 0 Å². The van der Waals surface area contributed by atoms with Crippen LogP contribution < -0.4 is 0 Å². The molecule has 0 aliphatic heterocycles. The summed E-state index contributed by atoms with van der Waals surface area (Å²) in [6.07, 6.45) is 91.2. The molecular weight excluding hydrogens is 1010 g/mol. The predicted octanol–water partition coefficient (Wildman–Crippen LogP) is 25.1. The molecule has 0 aromatic heterocycles. The van der Waals surface area contributed by atoms with E-state index in [1.807, 2.05) is 0 Å². The van der Waals surface area contributed by atoms with E-state index in [4.69, 9.17) is 14.2 Å². The Kier molecular flexibility index (Phi) is 68.1. The molecule has 0 bridgehead atoms. The third-order valence-electron chi connectivity index (χ3n) is 16.3. The molecule has 0 N–H and O–H groups in total. The van der Waals surface area contributed by atoms with Gasteiger partial charge in [0.2, 0.25) is 0 Å². The van der Waals surface area contributed by atoms with Crippen molar-refractivity contribution in [1.82, 2.24) is 0 Å². The fourth-order valence-electron chi connectivity index (χ4n) is 10.9. The van der Waals surface area contributed by atoms with Crippen LogP contribution in [0.1, 0.15) is 387 Å². The molecule has 0 rings (SSSR count). The van der Waals surface area contributed by atoms with E-state index in [1.165, 1.54) is 250 Å². The molecule has 0 aliphatic rings. The highest BCUT2D eigenvalue weighted by Crippen LogP contribution is 2.19. The smallest absolute Gasteiger partial charge is 0.306 e. The quantitative estimate of drug-likeness (QED) is 0.0261. The third-order valence-corrected chi connectivity index (χ3v) is 16.3. The highest BCUT2D eigenvalue weighted by molar-refractivity contribution is 5.71. The fraction of sp³-hybridized carbons (Fsp3) is 0.829. The summed E-state index contributed by atoms with van der Waals surface area (Å²) >= 11 is 0. The number of carbonyl (C=O) groups is 3. The minimum absolute atomic E-state index is 0.0828. The maximum absolute atomic E-state index is 12.9. The number of allylic oxidation sites excluding steroid dienone is 10. The van der Waals surface area contributed by atoms with Gasteiger partial charge in [0.15, 0.2) is 6.10 Å². The second kappa shape index (κ2) is 70.6. The van der Waals surface area contributed by atoms with Gasteiger partial charge in [-0.3, -0.25) is 14.4 Å². The number of rotatable bonds is 67. The molecule has 0 heterocycles.